The minimum atomic E-state index is -0.402. The van der Waals surface area contributed by atoms with Crippen molar-refractivity contribution in [3.8, 4) is 0 Å². The molecule has 1 unspecified atom stereocenters. The van der Waals surface area contributed by atoms with Gasteiger partial charge in [-0.3, -0.25) is 10.1 Å². The molecule has 0 N–H and O–H groups in total. The van der Waals surface area contributed by atoms with Crippen molar-refractivity contribution in [1.82, 2.24) is 14.8 Å². The first-order valence-electron chi connectivity index (χ1n) is 8.66. The molecular weight excluding hydrogens is 342 g/mol. The number of benzene rings is 1. The molecule has 2 aliphatic heterocycles. The van der Waals surface area contributed by atoms with Crippen molar-refractivity contribution in [2.75, 3.05) is 18.0 Å². The van der Waals surface area contributed by atoms with Crippen LogP contribution in [0.5, 0.6) is 0 Å². The maximum atomic E-state index is 11.0. The van der Waals surface area contributed by atoms with Crippen molar-refractivity contribution >= 4 is 23.0 Å². The number of non-ortho nitro benzene ring substituents is 1. The van der Waals surface area contributed by atoms with Gasteiger partial charge in [0.1, 0.15) is 11.6 Å². The van der Waals surface area contributed by atoms with Crippen molar-refractivity contribution in [3.63, 3.8) is 0 Å². The summed E-state index contributed by atoms with van der Waals surface area (Å²) < 4.78 is 2.26. The first kappa shape index (κ1) is 16.3. The van der Waals surface area contributed by atoms with Crippen molar-refractivity contribution in [2.24, 2.45) is 0 Å². The number of hydrogen-bond acceptors (Lipinski definition) is 5. The Morgan fingerprint density at radius 1 is 1.28 bits per heavy atom. The molecule has 0 saturated carbocycles. The second kappa shape index (κ2) is 6.29. The molecule has 1 aromatic carbocycles. The van der Waals surface area contributed by atoms with Crippen LogP contribution < -0.4 is 4.90 Å². The standard InChI is InChI=1S/C17H20ClN5O2/c1-11-8-13(23(24)25)9-14(18)16(11)21-6-2-4-12(10-21)17-20-19-15-5-3-7-22(15)17/h8-9,12H,2-7,10H2,1H3. The summed E-state index contributed by atoms with van der Waals surface area (Å²) in [5.74, 6) is 2.49. The summed E-state index contributed by atoms with van der Waals surface area (Å²) in [4.78, 5) is 12.9. The van der Waals surface area contributed by atoms with Gasteiger partial charge in [0.05, 0.1) is 15.6 Å². The monoisotopic (exact) mass is 361 g/mol. The average Bonchev–Trinajstić information content (AvgIpc) is 3.17. The fraction of sp³-hybridized carbons (Fsp3) is 0.529. The van der Waals surface area contributed by atoms with Crippen molar-refractivity contribution in [1.29, 1.82) is 0 Å². The Kier molecular flexibility index (Phi) is 4.11. The third kappa shape index (κ3) is 2.86. The van der Waals surface area contributed by atoms with Crippen LogP contribution in [0.3, 0.4) is 0 Å². The molecule has 1 fully saturated rings. The van der Waals surface area contributed by atoms with E-state index in [0.29, 0.717) is 10.9 Å². The fourth-order valence-corrected chi connectivity index (χ4v) is 4.47. The molecule has 8 heteroatoms. The number of nitro groups is 1. The zero-order valence-corrected chi connectivity index (χ0v) is 14.9. The second-order valence-corrected chi connectivity index (χ2v) is 7.27. The molecule has 2 aliphatic rings. The van der Waals surface area contributed by atoms with Gasteiger partial charge in [-0.2, -0.15) is 0 Å². The SMILES string of the molecule is Cc1cc([N+](=O)[O-])cc(Cl)c1N1CCCC(c2nnc3n2CCC3)C1. The van der Waals surface area contributed by atoms with Crippen molar-refractivity contribution in [2.45, 2.75) is 45.1 Å². The molecule has 3 heterocycles. The zero-order chi connectivity index (χ0) is 17.6. The van der Waals surface area contributed by atoms with Gasteiger partial charge in [-0.25, -0.2) is 0 Å². The molecule has 2 aromatic rings. The van der Waals surface area contributed by atoms with E-state index in [1.54, 1.807) is 6.07 Å². The number of nitro benzene ring substituents is 1. The molecule has 0 spiro atoms. The van der Waals surface area contributed by atoms with Crippen molar-refractivity contribution in [3.05, 3.63) is 44.5 Å². The Labute approximate surface area is 150 Å². The van der Waals surface area contributed by atoms with Crippen LogP contribution in [0.4, 0.5) is 11.4 Å². The Morgan fingerprint density at radius 2 is 2.12 bits per heavy atom. The summed E-state index contributed by atoms with van der Waals surface area (Å²) in [6.45, 7) is 4.60. The number of anilines is 1. The Hall–Kier alpha value is -2.15. The normalized spacial score (nSPS) is 19.9. The molecule has 0 amide bonds. The van der Waals surface area contributed by atoms with E-state index in [2.05, 4.69) is 19.7 Å². The van der Waals surface area contributed by atoms with Crippen molar-refractivity contribution < 1.29 is 4.92 Å². The largest absolute Gasteiger partial charge is 0.369 e. The van der Waals surface area contributed by atoms with E-state index >= 15 is 0 Å². The maximum absolute atomic E-state index is 11.0. The topological polar surface area (TPSA) is 77.1 Å². The molecule has 4 rings (SSSR count). The van der Waals surface area contributed by atoms with Gasteiger partial charge in [-0.05, 0) is 31.7 Å². The number of fused-ring (bicyclic) bond motifs is 1. The molecule has 1 atom stereocenters. The Morgan fingerprint density at radius 3 is 2.88 bits per heavy atom. The fourth-order valence-electron chi connectivity index (χ4n) is 4.09. The summed E-state index contributed by atoms with van der Waals surface area (Å²) in [5.41, 5.74) is 1.78. The molecule has 132 valence electrons. The van der Waals surface area contributed by atoms with Gasteiger partial charge in [-0.1, -0.05) is 11.6 Å². The third-order valence-electron chi connectivity index (χ3n) is 5.19. The number of aryl methyl sites for hydroxylation is 2. The van der Waals surface area contributed by atoms with Gasteiger partial charge in [-0.15, -0.1) is 10.2 Å². The van der Waals surface area contributed by atoms with Crippen LogP contribution >= 0.6 is 11.6 Å². The van der Waals surface area contributed by atoms with Crippen LogP contribution in [0.15, 0.2) is 12.1 Å². The number of piperidine rings is 1. The number of aromatic nitrogens is 3. The van der Waals surface area contributed by atoms with Gasteiger partial charge < -0.3 is 9.47 Å². The first-order valence-corrected chi connectivity index (χ1v) is 9.04. The summed E-state index contributed by atoms with van der Waals surface area (Å²) in [7, 11) is 0. The lowest BCUT2D eigenvalue weighted by molar-refractivity contribution is -0.384. The van der Waals surface area contributed by atoms with Gasteiger partial charge in [0.2, 0.25) is 0 Å². The van der Waals surface area contributed by atoms with E-state index in [1.807, 2.05) is 6.92 Å². The van der Waals surface area contributed by atoms with Gasteiger partial charge in [0.15, 0.2) is 0 Å². The van der Waals surface area contributed by atoms with Gasteiger partial charge >= 0.3 is 0 Å². The second-order valence-electron chi connectivity index (χ2n) is 6.86. The van der Waals surface area contributed by atoms with Crippen LogP contribution in [0.1, 0.15) is 42.4 Å². The highest BCUT2D eigenvalue weighted by Gasteiger charge is 2.30. The number of rotatable bonds is 3. The molecule has 0 bridgehead atoms. The molecule has 1 saturated heterocycles. The highest BCUT2D eigenvalue weighted by molar-refractivity contribution is 6.33. The lowest BCUT2D eigenvalue weighted by Crippen LogP contribution is -2.36. The minimum absolute atomic E-state index is 0.0371. The quantitative estimate of drug-likeness (QED) is 0.617. The number of nitrogens with zero attached hydrogens (tertiary/aromatic N) is 5. The zero-order valence-electron chi connectivity index (χ0n) is 14.1. The van der Waals surface area contributed by atoms with Crippen LogP contribution in [-0.4, -0.2) is 32.8 Å². The molecule has 7 nitrogen and oxygen atoms in total. The van der Waals surface area contributed by atoms with E-state index in [-0.39, 0.29) is 5.69 Å². The third-order valence-corrected chi connectivity index (χ3v) is 5.48. The molecule has 25 heavy (non-hydrogen) atoms. The smallest absolute Gasteiger partial charge is 0.271 e. The lowest BCUT2D eigenvalue weighted by Gasteiger charge is -2.35. The summed E-state index contributed by atoms with van der Waals surface area (Å²) in [6.07, 6.45) is 4.27. The highest BCUT2D eigenvalue weighted by atomic mass is 35.5. The Balaban J connectivity index is 1.62. The molecule has 0 aliphatic carbocycles. The first-order chi connectivity index (χ1) is 12.0. The van der Waals surface area contributed by atoms with Gasteiger partial charge in [0, 0.05) is 44.1 Å². The van der Waals surface area contributed by atoms with Gasteiger partial charge in [0.25, 0.3) is 5.69 Å². The number of halogens is 1. The van der Waals surface area contributed by atoms with E-state index in [4.69, 9.17) is 11.6 Å². The summed E-state index contributed by atoms with van der Waals surface area (Å²) in [6, 6.07) is 3.04. The molecule has 1 aromatic heterocycles. The predicted octanol–water partition coefficient (Wildman–Crippen LogP) is 3.48. The molecule has 0 radical (unpaired) electrons. The van der Waals surface area contributed by atoms with E-state index in [1.165, 1.54) is 6.07 Å². The molecular formula is C17H20ClN5O2. The summed E-state index contributed by atoms with van der Waals surface area (Å²) in [5, 5.41) is 20.2. The van der Waals surface area contributed by atoms with E-state index in [9.17, 15) is 10.1 Å². The predicted molar refractivity (Wildman–Crippen MR) is 95.4 cm³/mol. The van der Waals surface area contributed by atoms with Crippen LogP contribution in [0.25, 0.3) is 0 Å². The van der Waals surface area contributed by atoms with E-state index in [0.717, 1.165) is 68.2 Å². The summed E-state index contributed by atoms with van der Waals surface area (Å²) >= 11 is 6.40. The van der Waals surface area contributed by atoms with Crippen LogP contribution in [0, 0.1) is 17.0 Å². The average molecular weight is 362 g/mol. The number of hydrogen-bond donors (Lipinski definition) is 0. The van der Waals surface area contributed by atoms with Crippen LogP contribution in [0.2, 0.25) is 5.02 Å². The minimum Gasteiger partial charge on any atom is -0.369 e. The lowest BCUT2D eigenvalue weighted by atomic mass is 9.96. The maximum Gasteiger partial charge on any atom is 0.271 e. The van der Waals surface area contributed by atoms with Crippen LogP contribution in [-0.2, 0) is 13.0 Å². The highest BCUT2D eigenvalue weighted by Crippen LogP contribution is 2.38. The van der Waals surface area contributed by atoms with E-state index < -0.39 is 4.92 Å². The Bertz CT molecular complexity index is 811.